The lowest BCUT2D eigenvalue weighted by molar-refractivity contribution is 0.271. The molecule has 7 heteroatoms. The number of hydrogen-bond donors (Lipinski definition) is 0. The van der Waals surface area contributed by atoms with Crippen LogP contribution in [-0.4, -0.2) is 54.7 Å². The van der Waals surface area contributed by atoms with Crippen molar-refractivity contribution in [1.82, 2.24) is 14.9 Å². The van der Waals surface area contributed by atoms with E-state index < -0.39 is 0 Å². The van der Waals surface area contributed by atoms with Gasteiger partial charge in [0.1, 0.15) is 16.4 Å². The molecule has 0 atom stereocenters. The fourth-order valence-electron chi connectivity index (χ4n) is 3.39. The zero-order valence-electron chi connectivity index (χ0n) is 14.9. The number of thiophene rings is 1. The van der Waals surface area contributed by atoms with Gasteiger partial charge in [0.2, 0.25) is 5.28 Å². The third kappa shape index (κ3) is 3.24. The molecule has 2 aromatic heterocycles. The Hall–Kier alpha value is -1.89. The van der Waals surface area contributed by atoms with Gasteiger partial charge >= 0.3 is 0 Å². The molecule has 1 aliphatic rings. The Morgan fingerprint density at radius 2 is 1.85 bits per heavy atom. The third-order valence-electron chi connectivity index (χ3n) is 4.91. The summed E-state index contributed by atoms with van der Waals surface area (Å²) < 4.78 is 5.28. The summed E-state index contributed by atoms with van der Waals surface area (Å²) in [7, 11) is 1.68. The maximum absolute atomic E-state index is 6.22. The molecule has 3 aromatic rings. The molecule has 4 rings (SSSR count). The van der Waals surface area contributed by atoms with Crippen molar-refractivity contribution < 1.29 is 4.74 Å². The number of piperazine rings is 1. The lowest BCUT2D eigenvalue weighted by atomic mass is 10.1. The molecule has 1 fully saturated rings. The van der Waals surface area contributed by atoms with Gasteiger partial charge in [0.05, 0.1) is 12.5 Å². The Labute approximate surface area is 162 Å². The quantitative estimate of drug-likeness (QED) is 0.627. The Balaban J connectivity index is 1.78. The first-order valence-electron chi connectivity index (χ1n) is 8.76. The molecule has 136 valence electrons. The molecule has 0 bridgehead atoms. The number of hydrogen-bond acceptors (Lipinski definition) is 6. The lowest BCUT2D eigenvalue weighted by Gasteiger charge is -2.35. The molecule has 1 aromatic carbocycles. The molecule has 26 heavy (non-hydrogen) atoms. The molecule has 1 aliphatic heterocycles. The van der Waals surface area contributed by atoms with Gasteiger partial charge in [0, 0.05) is 37.1 Å². The predicted octanol–water partition coefficient (Wildman–Crippen LogP) is 4.16. The lowest BCUT2D eigenvalue weighted by Crippen LogP contribution is -2.46. The van der Waals surface area contributed by atoms with Crippen LogP contribution in [0.25, 0.3) is 21.3 Å². The minimum Gasteiger partial charge on any atom is -0.497 e. The van der Waals surface area contributed by atoms with Crippen LogP contribution in [0.15, 0.2) is 29.6 Å². The van der Waals surface area contributed by atoms with Crippen LogP contribution in [0, 0.1) is 0 Å². The first-order chi connectivity index (χ1) is 12.7. The number of aromatic nitrogens is 2. The molecule has 0 aliphatic carbocycles. The van der Waals surface area contributed by atoms with Gasteiger partial charge in [0.25, 0.3) is 0 Å². The second-order valence-corrected chi connectivity index (χ2v) is 7.49. The summed E-state index contributed by atoms with van der Waals surface area (Å²) in [5.74, 6) is 1.80. The summed E-state index contributed by atoms with van der Waals surface area (Å²) in [6.07, 6.45) is 0. The highest BCUT2D eigenvalue weighted by molar-refractivity contribution is 7.17. The van der Waals surface area contributed by atoms with Crippen molar-refractivity contribution in [2.24, 2.45) is 0 Å². The minimum absolute atomic E-state index is 0.313. The Morgan fingerprint density at radius 1 is 1.12 bits per heavy atom. The number of anilines is 1. The number of fused-ring (bicyclic) bond motifs is 1. The van der Waals surface area contributed by atoms with E-state index in [9.17, 15) is 0 Å². The van der Waals surface area contributed by atoms with E-state index in [0.29, 0.717) is 5.28 Å². The molecule has 0 saturated carbocycles. The van der Waals surface area contributed by atoms with Crippen LogP contribution < -0.4 is 9.64 Å². The van der Waals surface area contributed by atoms with Gasteiger partial charge in [-0.25, -0.2) is 4.98 Å². The highest BCUT2D eigenvalue weighted by atomic mass is 35.5. The second-order valence-electron chi connectivity index (χ2n) is 6.30. The zero-order valence-corrected chi connectivity index (χ0v) is 16.5. The first kappa shape index (κ1) is 17.5. The van der Waals surface area contributed by atoms with Crippen LogP contribution in [0.1, 0.15) is 6.92 Å². The van der Waals surface area contributed by atoms with Crippen molar-refractivity contribution >= 4 is 39.0 Å². The van der Waals surface area contributed by atoms with Gasteiger partial charge in [-0.15, -0.1) is 11.3 Å². The van der Waals surface area contributed by atoms with E-state index in [0.717, 1.165) is 65.6 Å². The third-order valence-corrected chi connectivity index (χ3v) is 5.95. The number of benzene rings is 1. The van der Waals surface area contributed by atoms with Crippen LogP contribution >= 0.6 is 22.9 Å². The molecule has 0 unspecified atom stereocenters. The second kappa shape index (κ2) is 7.39. The van der Waals surface area contributed by atoms with Gasteiger partial charge in [-0.05, 0) is 35.8 Å². The van der Waals surface area contributed by atoms with Gasteiger partial charge in [-0.1, -0.05) is 19.1 Å². The van der Waals surface area contributed by atoms with E-state index in [1.807, 2.05) is 12.1 Å². The molecule has 0 N–H and O–H groups in total. The predicted molar refractivity (Wildman–Crippen MR) is 109 cm³/mol. The largest absolute Gasteiger partial charge is 0.497 e. The van der Waals surface area contributed by atoms with Crippen LogP contribution in [0.5, 0.6) is 5.75 Å². The van der Waals surface area contributed by atoms with Crippen LogP contribution in [0.2, 0.25) is 5.28 Å². The number of likely N-dealkylation sites (N-methyl/N-ethyl adjacent to an activating group) is 1. The van der Waals surface area contributed by atoms with E-state index in [1.165, 1.54) is 0 Å². The maximum Gasteiger partial charge on any atom is 0.225 e. The molecule has 1 saturated heterocycles. The fourth-order valence-corrected chi connectivity index (χ4v) is 4.54. The summed E-state index contributed by atoms with van der Waals surface area (Å²) >= 11 is 7.84. The molecular weight excluding hydrogens is 368 g/mol. The SMILES string of the molecule is CCN1CCN(c2nc(Cl)nc3scc(-c4ccc(OC)cc4)c23)CC1. The number of halogens is 1. The summed E-state index contributed by atoms with van der Waals surface area (Å²) in [6.45, 7) is 7.28. The average molecular weight is 389 g/mol. The van der Waals surface area contributed by atoms with Crippen LogP contribution in [-0.2, 0) is 0 Å². The summed E-state index contributed by atoms with van der Waals surface area (Å²) in [6, 6.07) is 8.12. The topological polar surface area (TPSA) is 41.5 Å². The van der Waals surface area contributed by atoms with Gasteiger partial charge in [-0.2, -0.15) is 4.98 Å². The molecule has 0 spiro atoms. The molecule has 3 heterocycles. The van der Waals surface area contributed by atoms with E-state index >= 15 is 0 Å². The fraction of sp³-hybridized carbons (Fsp3) is 0.368. The monoisotopic (exact) mass is 388 g/mol. The Bertz CT molecular complexity index is 904. The normalized spacial score (nSPS) is 15.6. The highest BCUT2D eigenvalue weighted by Crippen LogP contribution is 2.39. The molecule has 0 amide bonds. The number of ether oxygens (including phenoxy) is 1. The van der Waals surface area contributed by atoms with Crippen molar-refractivity contribution in [3.05, 3.63) is 34.9 Å². The Morgan fingerprint density at radius 3 is 2.50 bits per heavy atom. The highest BCUT2D eigenvalue weighted by Gasteiger charge is 2.22. The van der Waals surface area contributed by atoms with Crippen molar-refractivity contribution in [3.63, 3.8) is 0 Å². The Kier molecular flexibility index (Phi) is 4.98. The van der Waals surface area contributed by atoms with Gasteiger partial charge in [-0.3, -0.25) is 0 Å². The van der Waals surface area contributed by atoms with Crippen molar-refractivity contribution in [3.8, 4) is 16.9 Å². The van der Waals surface area contributed by atoms with Gasteiger partial charge in [0.15, 0.2) is 0 Å². The summed E-state index contributed by atoms with van der Waals surface area (Å²) in [5, 5.41) is 3.55. The van der Waals surface area contributed by atoms with Crippen molar-refractivity contribution in [2.45, 2.75) is 6.92 Å². The zero-order chi connectivity index (χ0) is 18.1. The summed E-state index contributed by atoms with van der Waals surface area (Å²) in [5.41, 5.74) is 2.29. The van der Waals surface area contributed by atoms with E-state index in [1.54, 1.807) is 18.4 Å². The molecular formula is C19H21ClN4OS. The van der Waals surface area contributed by atoms with E-state index in [-0.39, 0.29) is 0 Å². The van der Waals surface area contributed by atoms with Crippen molar-refractivity contribution in [2.75, 3.05) is 44.7 Å². The summed E-state index contributed by atoms with van der Waals surface area (Å²) in [4.78, 5) is 14.8. The standard InChI is InChI=1S/C19H21ClN4OS/c1-3-23-8-10-24(11-9-23)17-16-15(12-26-18(16)22-19(20)21-17)13-4-6-14(25-2)7-5-13/h4-7,12H,3,8-11H2,1-2H3. The van der Waals surface area contributed by atoms with Crippen LogP contribution in [0.3, 0.4) is 0 Å². The maximum atomic E-state index is 6.22. The van der Waals surface area contributed by atoms with Crippen molar-refractivity contribution in [1.29, 1.82) is 0 Å². The smallest absolute Gasteiger partial charge is 0.225 e. The molecule has 5 nitrogen and oxygen atoms in total. The molecule has 0 radical (unpaired) electrons. The van der Waals surface area contributed by atoms with Gasteiger partial charge < -0.3 is 14.5 Å². The number of rotatable bonds is 4. The van der Waals surface area contributed by atoms with E-state index in [4.69, 9.17) is 16.3 Å². The number of methoxy groups -OCH3 is 1. The average Bonchev–Trinajstić information content (AvgIpc) is 3.11. The first-order valence-corrected chi connectivity index (χ1v) is 10.0. The van der Waals surface area contributed by atoms with E-state index in [2.05, 4.69) is 44.2 Å². The number of nitrogens with zero attached hydrogens (tertiary/aromatic N) is 4. The van der Waals surface area contributed by atoms with Crippen LogP contribution in [0.4, 0.5) is 5.82 Å². The minimum atomic E-state index is 0.313.